The fourth-order valence-corrected chi connectivity index (χ4v) is 5.13. The zero-order valence-corrected chi connectivity index (χ0v) is 17.3. The number of ketones is 1. The Morgan fingerprint density at radius 2 is 1.59 bits per heavy atom. The van der Waals surface area contributed by atoms with Gasteiger partial charge in [-0.3, -0.25) is 19.0 Å². The molecular weight excluding hydrogens is 366 g/mol. The number of piperidine rings is 1. The molecule has 6 heteroatoms. The number of hydrogen-bond acceptors (Lipinski definition) is 4. The predicted octanol–water partition coefficient (Wildman–Crippen LogP) is 3.64. The standard InChI is InChI=1S/C23H31N3O3/c1-16(27)17-9-10-21-20(15-17)24-22(28)23(29)26(21)19-11-13-25(14-12-19)18-7-5-3-2-4-6-8-18/h9-10,15,18-19H,2-8,11-14H2,1H3,(H,24,28). The quantitative estimate of drug-likeness (QED) is 0.634. The van der Waals surface area contributed by atoms with Gasteiger partial charge in [-0.15, -0.1) is 0 Å². The van der Waals surface area contributed by atoms with Crippen LogP contribution in [0.2, 0.25) is 0 Å². The fourth-order valence-electron chi connectivity index (χ4n) is 5.13. The smallest absolute Gasteiger partial charge is 0.316 e. The van der Waals surface area contributed by atoms with Crippen molar-refractivity contribution in [2.45, 2.75) is 76.8 Å². The first-order chi connectivity index (χ1) is 14.0. The highest BCUT2D eigenvalue weighted by Gasteiger charge is 2.27. The first-order valence-corrected chi connectivity index (χ1v) is 11.1. The number of hydrogen-bond donors (Lipinski definition) is 1. The molecule has 1 saturated carbocycles. The van der Waals surface area contributed by atoms with Gasteiger partial charge in [-0.1, -0.05) is 32.1 Å². The molecule has 2 aromatic rings. The summed E-state index contributed by atoms with van der Waals surface area (Å²) < 4.78 is 1.67. The molecule has 0 radical (unpaired) electrons. The summed E-state index contributed by atoms with van der Waals surface area (Å²) in [6.45, 7) is 3.45. The Balaban J connectivity index is 1.57. The number of H-pyrrole nitrogens is 1. The number of Topliss-reactive ketones (excluding diaryl/α,β-unsaturated/α-hetero) is 1. The number of carbonyl (C=O) groups is 1. The molecule has 2 fully saturated rings. The van der Waals surface area contributed by atoms with Crippen LogP contribution >= 0.6 is 0 Å². The van der Waals surface area contributed by atoms with Gasteiger partial charge in [0.15, 0.2) is 5.78 Å². The minimum atomic E-state index is -0.611. The molecule has 156 valence electrons. The molecule has 1 aliphatic heterocycles. The number of aromatic amines is 1. The van der Waals surface area contributed by atoms with Gasteiger partial charge in [0.1, 0.15) is 0 Å². The summed E-state index contributed by atoms with van der Waals surface area (Å²) in [5, 5.41) is 0. The van der Waals surface area contributed by atoms with Gasteiger partial charge in [0.2, 0.25) is 0 Å². The van der Waals surface area contributed by atoms with Crippen LogP contribution < -0.4 is 11.1 Å². The van der Waals surface area contributed by atoms with E-state index in [2.05, 4.69) is 9.88 Å². The number of rotatable bonds is 3. The fraction of sp³-hybridized carbons (Fsp3) is 0.609. The van der Waals surface area contributed by atoms with Crippen LogP contribution in [0.3, 0.4) is 0 Å². The second-order valence-corrected chi connectivity index (χ2v) is 8.68. The molecule has 1 aliphatic carbocycles. The van der Waals surface area contributed by atoms with Crippen LogP contribution in [0, 0.1) is 0 Å². The van der Waals surface area contributed by atoms with Gasteiger partial charge in [-0.05, 0) is 50.8 Å². The minimum Gasteiger partial charge on any atom is -0.316 e. The summed E-state index contributed by atoms with van der Waals surface area (Å²) in [4.78, 5) is 41.9. The van der Waals surface area contributed by atoms with Crippen molar-refractivity contribution in [3.63, 3.8) is 0 Å². The Bertz CT molecular complexity index is 991. The van der Waals surface area contributed by atoms with Crippen LogP contribution in [-0.2, 0) is 0 Å². The maximum Gasteiger partial charge on any atom is 0.316 e. The summed E-state index contributed by atoms with van der Waals surface area (Å²) in [6.07, 6.45) is 11.0. The van der Waals surface area contributed by atoms with Crippen LogP contribution in [0.1, 0.15) is 81.1 Å². The summed E-state index contributed by atoms with van der Waals surface area (Å²) in [5.41, 5.74) is 0.712. The molecule has 0 bridgehead atoms. The number of likely N-dealkylation sites (tertiary alicyclic amines) is 1. The highest BCUT2D eigenvalue weighted by Crippen LogP contribution is 2.29. The summed E-state index contributed by atoms with van der Waals surface area (Å²) >= 11 is 0. The molecule has 0 spiro atoms. The molecule has 2 heterocycles. The minimum absolute atomic E-state index is 0.0280. The lowest BCUT2D eigenvalue weighted by atomic mass is 9.93. The van der Waals surface area contributed by atoms with E-state index in [0.29, 0.717) is 22.6 Å². The van der Waals surface area contributed by atoms with Crippen molar-refractivity contribution >= 4 is 16.8 Å². The molecule has 1 saturated heterocycles. The number of nitrogens with zero attached hydrogens (tertiary/aromatic N) is 2. The van der Waals surface area contributed by atoms with Crippen LogP contribution in [0.25, 0.3) is 11.0 Å². The molecule has 1 aromatic heterocycles. The maximum atomic E-state index is 12.7. The number of nitrogens with one attached hydrogen (secondary N) is 1. The third-order valence-electron chi connectivity index (χ3n) is 6.78. The molecule has 1 aromatic carbocycles. The van der Waals surface area contributed by atoms with E-state index in [1.807, 2.05) is 0 Å². The van der Waals surface area contributed by atoms with Crippen molar-refractivity contribution in [3.8, 4) is 0 Å². The predicted molar refractivity (Wildman–Crippen MR) is 115 cm³/mol. The first kappa shape index (κ1) is 20.1. The van der Waals surface area contributed by atoms with Gasteiger partial charge in [-0.2, -0.15) is 0 Å². The van der Waals surface area contributed by atoms with Crippen molar-refractivity contribution in [1.82, 2.24) is 14.5 Å². The van der Waals surface area contributed by atoms with E-state index < -0.39 is 11.1 Å². The largest absolute Gasteiger partial charge is 0.316 e. The topological polar surface area (TPSA) is 75.2 Å². The summed E-state index contributed by atoms with van der Waals surface area (Å²) in [5.74, 6) is -0.0574. The zero-order chi connectivity index (χ0) is 20.4. The molecule has 4 rings (SSSR count). The summed E-state index contributed by atoms with van der Waals surface area (Å²) in [6, 6.07) is 5.91. The molecule has 0 amide bonds. The molecule has 0 atom stereocenters. The lowest BCUT2D eigenvalue weighted by Gasteiger charge is -2.39. The first-order valence-electron chi connectivity index (χ1n) is 11.1. The number of fused-ring (bicyclic) bond motifs is 1. The lowest BCUT2D eigenvalue weighted by Crippen LogP contribution is -2.45. The van der Waals surface area contributed by atoms with Gasteiger partial charge in [0, 0.05) is 30.7 Å². The van der Waals surface area contributed by atoms with Crippen molar-refractivity contribution in [2.75, 3.05) is 13.1 Å². The van der Waals surface area contributed by atoms with Crippen LogP contribution in [0.5, 0.6) is 0 Å². The van der Waals surface area contributed by atoms with E-state index in [-0.39, 0.29) is 11.8 Å². The Morgan fingerprint density at radius 3 is 2.24 bits per heavy atom. The van der Waals surface area contributed by atoms with Crippen LogP contribution in [-0.4, -0.2) is 39.4 Å². The highest BCUT2D eigenvalue weighted by molar-refractivity contribution is 5.97. The molecule has 0 unspecified atom stereocenters. The summed E-state index contributed by atoms with van der Waals surface area (Å²) in [7, 11) is 0. The maximum absolute atomic E-state index is 12.7. The number of benzene rings is 1. The van der Waals surface area contributed by atoms with E-state index in [0.717, 1.165) is 25.9 Å². The Morgan fingerprint density at radius 1 is 0.931 bits per heavy atom. The molecular formula is C23H31N3O3. The average Bonchev–Trinajstić information content (AvgIpc) is 2.69. The van der Waals surface area contributed by atoms with Crippen molar-refractivity contribution in [2.24, 2.45) is 0 Å². The highest BCUT2D eigenvalue weighted by atomic mass is 16.2. The van der Waals surface area contributed by atoms with Gasteiger partial charge >= 0.3 is 11.1 Å². The van der Waals surface area contributed by atoms with Gasteiger partial charge in [0.05, 0.1) is 11.0 Å². The SMILES string of the molecule is CC(=O)c1ccc2c(c1)[nH]c(=O)c(=O)n2C1CCN(C2CCCCCCC2)CC1. The van der Waals surface area contributed by atoms with Gasteiger partial charge in [-0.25, -0.2) is 0 Å². The normalized spacial score (nSPS) is 20.4. The van der Waals surface area contributed by atoms with Crippen molar-refractivity contribution < 1.29 is 4.79 Å². The molecule has 29 heavy (non-hydrogen) atoms. The second-order valence-electron chi connectivity index (χ2n) is 8.68. The third kappa shape index (κ3) is 4.22. The Kier molecular flexibility index (Phi) is 5.99. The second kappa shape index (κ2) is 8.66. The van der Waals surface area contributed by atoms with E-state index in [9.17, 15) is 14.4 Å². The van der Waals surface area contributed by atoms with Crippen molar-refractivity contribution in [3.05, 3.63) is 44.5 Å². The van der Waals surface area contributed by atoms with Gasteiger partial charge < -0.3 is 9.88 Å². The molecule has 2 aliphatic rings. The van der Waals surface area contributed by atoms with Crippen molar-refractivity contribution in [1.29, 1.82) is 0 Å². The Labute approximate surface area is 170 Å². The van der Waals surface area contributed by atoms with E-state index in [4.69, 9.17) is 0 Å². The van der Waals surface area contributed by atoms with Crippen LogP contribution in [0.15, 0.2) is 27.8 Å². The zero-order valence-electron chi connectivity index (χ0n) is 17.3. The Hall–Kier alpha value is -2.21. The van der Waals surface area contributed by atoms with Gasteiger partial charge in [0.25, 0.3) is 0 Å². The molecule has 1 N–H and O–H groups in total. The monoisotopic (exact) mass is 397 g/mol. The van der Waals surface area contributed by atoms with Crippen LogP contribution in [0.4, 0.5) is 0 Å². The van der Waals surface area contributed by atoms with E-state index >= 15 is 0 Å². The van der Waals surface area contributed by atoms with E-state index in [1.165, 1.54) is 51.9 Å². The number of aromatic nitrogens is 2. The average molecular weight is 398 g/mol. The molecule has 6 nitrogen and oxygen atoms in total. The third-order valence-corrected chi connectivity index (χ3v) is 6.78. The lowest BCUT2D eigenvalue weighted by molar-refractivity contribution is 0.101. The number of carbonyl (C=O) groups excluding carboxylic acids is 1. The van der Waals surface area contributed by atoms with E-state index in [1.54, 1.807) is 22.8 Å².